The normalized spacial score (nSPS) is 12.3. The number of nitrogens with zero attached hydrogens (tertiary/aromatic N) is 4. The first-order valence-electron chi connectivity index (χ1n) is 9.60. The van der Waals surface area contributed by atoms with Crippen molar-refractivity contribution in [3.8, 4) is 5.69 Å². The number of nitrogens with one attached hydrogen (secondary N) is 1. The van der Waals surface area contributed by atoms with Gasteiger partial charge in [0, 0.05) is 6.54 Å². The average Bonchev–Trinajstić information content (AvgIpc) is 3.34. The molecule has 2 aromatic carbocycles. The molecule has 1 amide bonds. The fourth-order valence-corrected chi connectivity index (χ4v) is 3.46. The van der Waals surface area contributed by atoms with Gasteiger partial charge in [0.1, 0.15) is 0 Å². The lowest BCUT2D eigenvalue weighted by Gasteiger charge is -2.14. The Balaban J connectivity index is 1.77. The van der Waals surface area contributed by atoms with Crippen LogP contribution in [0.3, 0.4) is 0 Å². The van der Waals surface area contributed by atoms with E-state index in [0.29, 0.717) is 29.8 Å². The van der Waals surface area contributed by atoms with Gasteiger partial charge in [-0.2, -0.15) is 31.4 Å². The van der Waals surface area contributed by atoms with Gasteiger partial charge in [-0.05, 0) is 37.3 Å². The van der Waals surface area contributed by atoms with E-state index in [1.54, 1.807) is 35.8 Å². The van der Waals surface area contributed by atoms with Crippen molar-refractivity contribution in [1.82, 2.24) is 19.3 Å². The molecule has 0 unspecified atom stereocenters. The van der Waals surface area contributed by atoms with Crippen LogP contribution >= 0.6 is 0 Å². The SMILES string of the molecule is CCn1c(NC(=O)c2cnn(-c3cccc(C(F)(F)F)c3)c2C(F)(F)F)nc2ccccc21. The number of halogens is 6. The molecule has 0 radical (unpaired) electrons. The quantitative estimate of drug-likeness (QED) is 0.402. The Kier molecular flexibility index (Phi) is 5.38. The van der Waals surface area contributed by atoms with Gasteiger partial charge in [0.15, 0.2) is 5.69 Å². The van der Waals surface area contributed by atoms with Crippen LogP contribution in [0.25, 0.3) is 16.7 Å². The van der Waals surface area contributed by atoms with Crippen LogP contribution in [0.4, 0.5) is 32.3 Å². The summed E-state index contributed by atoms with van der Waals surface area (Å²) in [6.45, 7) is 2.16. The summed E-state index contributed by atoms with van der Waals surface area (Å²) in [5, 5.41) is 5.93. The minimum Gasteiger partial charge on any atom is -0.310 e. The Morgan fingerprint density at radius 1 is 1.00 bits per heavy atom. The standard InChI is InChI=1S/C21H15F6N5O/c1-2-31-16-9-4-3-8-15(16)29-19(31)30-18(33)14-11-28-32(17(14)21(25,26)27)13-7-5-6-12(10-13)20(22,23)24/h3-11H,2H2,1H3,(H,29,30,33). The lowest BCUT2D eigenvalue weighted by atomic mass is 10.1. The third kappa shape index (κ3) is 4.15. The molecular weight excluding hydrogens is 452 g/mol. The van der Waals surface area contributed by atoms with Crippen LogP contribution in [0, 0.1) is 0 Å². The van der Waals surface area contributed by atoms with Crippen LogP contribution in [-0.2, 0) is 18.9 Å². The summed E-state index contributed by atoms with van der Waals surface area (Å²) in [7, 11) is 0. The second-order valence-corrected chi connectivity index (χ2v) is 6.99. The molecule has 0 aliphatic carbocycles. The van der Waals surface area contributed by atoms with E-state index in [1.165, 1.54) is 0 Å². The summed E-state index contributed by atoms with van der Waals surface area (Å²) in [5.74, 6) is -1.12. The minimum absolute atomic E-state index is 0.0312. The number of alkyl halides is 6. The highest BCUT2D eigenvalue weighted by molar-refractivity contribution is 6.05. The maximum absolute atomic E-state index is 13.9. The summed E-state index contributed by atoms with van der Waals surface area (Å²) in [6, 6.07) is 10.2. The molecule has 0 saturated heterocycles. The van der Waals surface area contributed by atoms with Gasteiger partial charge in [-0.15, -0.1) is 0 Å². The Bertz CT molecular complexity index is 1340. The molecule has 0 atom stereocenters. The van der Waals surface area contributed by atoms with E-state index < -0.39 is 40.8 Å². The maximum atomic E-state index is 13.9. The zero-order valence-electron chi connectivity index (χ0n) is 16.9. The van der Waals surface area contributed by atoms with E-state index in [2.05, 4.69) is 15.4 Å². The summed E-state index contributed by atoms with van der Waals surface area (Å²) in [4.78, 5) is 17.0. The van der Waals surface area contributed by atoms with Crippen molar-refractivity contribution in [2.24, 2.45) is 0 Å². The fourth-order valence-electron chi connectivity index (χ4n) is 3.46. The van der Waals surface area contributed by atoms with Crippen LogP contribution < -0.4 is 5.32 Å². The molecule has 0 aliphatic rings. The zero-order valence-corrected chi connectivity index (χ0v) is 16.9. The topological polar surface area (TPSA) is 64.7 Å². The van der Waals surface area contributed by atoms with Gasteiger partial charge >= 0.3 is 12.4 Å². The molecule has 4 rings (SSSR count). The summed E-state index contributed by atoms with van der Waals surface area (Å²) in [5.41, 5.74) is -2.78. The predicted molar refractivity (Wildman–Crippen MR) is 107 cm³/mol. The van der Waals surface area contributed by atoms with Gasteiger partial charge in [0.25, 0.3) is 5.91 Å². The number of aromatic nitrogens is 4. The van der Waals surface area contributed by atoms with Crippen LogP contribution in [0.2, 0.25) is 0 Å². The number of carbonyl (C=O) groups is 1. The Morgan fingerprint density at radius 3 is 2.39 bits per heavy atom. The Morgan fingerprint density at radius 2 is 1.73 bits per heavy atom. The van der Waals surface area contributed by atoms with Crippen molar-refractivity contribution in [2.45, 2.75) is 25.8 Å². The van der Waals surface area contributed by atoms with Crippen molar-refractivity contribution in [2.75, 3.05) is 5.32 Å². The molecule has 0 saturated carbocycles. The number of hydrogen-bond donors (Lipinski definition) is 1. The number of imidazole rings is 1. The minimum atomic E-state index is -5.08. The van der Waals surface area contributed by atoms with Crippen molar-refractivity contribution < 1.29 is 31.1 Å². The monoisotopic (exact) mass is 467 g/mol. The van der Waals surface area contributed by atoms with E-state index in [4.69, 9.17) is 0 Å². The smallest absolute Gasteiger partial charge is 0.310 e. The van der Waals surface area contributed by atoms with Crippen LogP contribution in [-0.4, -0.2) is 25.2 Å². The van der Waals surface area contributed by atoms with E-state index in [0.717, 1.165) is 18.2 Å². The Labute approximate surface area is 182 Å². The number of anilines is 1. The molecule has 2 aromatic heterocycles. The number of rotatable bonds is 4. The van der Waals surface area contributed by atoms with Crippen LogP contribution in [0.15, 0.2) is 54.7 Å². The molecule has 4 aromatic rings. The largest absolute Gasteiger partial charge is 0.434 e. The van der Waals surface area contributed by atoms with Crippen LogP contribution in [0.5, 0.6) is 0 Å². The first-order valence-corrected chi connectivity index (χ1v) is 9.60. The highest BCUT2D eigenvalue weighted by Gasteiger charge is 2.41. The van der Waals surface area contributed by atoms with E-state index in [9.17, 15) is 31.1 Å². The molecule has 2 heterocycles. The number of fused-ring (bicyclic) bond motifs is 1. The van der Waals surface area contributed by atoms with Crippen molar-refractivity contribution in [3.63, 3.8) is 0 Å². The molecule has 1 N–H and O–H groups in total. The second kappa shape index (κ2) is 7.94. The van der Waals surface area contributed by atoms with Crippen molar-refractivity contribution >= 4 is 22.9 Å². The summed E-state index contributed by atoms with van der Waals surface area (Å²) in [6.07, 6.45) is -9.18. The maximum Gasteiger partial charge on any atom is 0.434 e. The van der Waals surface area contributed by atoms with E-state index in [1.807, 2.05) is 0 Å². The van der Waals surface area contributed by atoms with Gasteiger partial charge in [-0.25, -0.2) is 9.67 Å². The molecule has 172 valence electrons. The number of carbonyl (C=O) groups excluding carboxylic acids is 1. The van der Waals surface area contributed by atoms with E-state index in [-0.39, 0.29) is 10.6 Å². The highest BCUT2D eigenvalue weighted by Crippen LogP contribution is 2.36. The molecule has 12 heteroatoms. The molecular formula is C21H15F6N5O. The number of para-hydroxylation sites is 2. The van der Waals surface area contributed by atoms with E-state index >= 15 is 0 Å². The molecule has 0 bridgehead atoms. The van der Waals surface area contributed by atoms with Crippen molar-refractivity contribution in [1.29, 1.82) is 0 Å². The van der Waals surface area contributed by atoms with Crippen molar-refractivity contribution in [3.05, 3.63) is 71.5 Å². The van der Waals surface area contributed by atoms with Gasteiger partial charge in [-0.3, -0.25) is 10.1 Å². The molecule has 6 nitrogen and oxygen atoms in total. The average molecular weight is 467 g/mol. The number of benzene rings is 2. The molecule has 0 spiro atoms. The van der Waals surface area contributed by atoms with Gasteiger partial charge < -0.3 is 4.57 Å². The second-order valence-electron chi connectivity index (χ2n) is 6.99. The number of hydrogen-bond acceptors (Lipinski definition) is 3. The third-order valence-electron chi connectivity index (χ3n) is 4.90. The molecule has 0 aliphatic heterocycles. The molecule has 0 fully saturated rings. The number of amides is 1. The van der Waals surface area contributed by atoms with Crippen LogP contribution in [0.1, 0.15) is 28.5 Å². The number of aryl methyl sites for hydroxylation is 1. The lowest BCUT2D eigenvalue weighted by molar-refractivity contribution is -0.143. The lowest BCUT2D eigenvalue weighted by Crippen LogP contribution is -2.22. The molecule has 33 heavy (non-hydrogen) atoms. The first-order chi connectivity index (χ1) is 15.5. The fraction of sp³-hybridized carbons (Fsp3) is 0.190. The van der Waals surface area contributed by atoms with Gasteiger partial charge in [0.05, 0.1) is 34.0 Å². The zero-order chi connectivity index (χ0) is 24.0. The Hall–Kier alpha value is -3.83. The summed E-state index contributed by atoms with van der Waals surface area (Å²) >= 11 is 0. The predicted octanol–water partition coefficient (Wildman–Crippen LogP) is 5.53. The van der Waals surface area contributed by atoms with Gasteiger partial charge in [0.2, 0.25) is 5.95 Å². The third-order valence-corrected chi connectivity index (χ3v) is 4.90. The summed E-state index contributed by atoms with van der Waals surface area (Å²) < 4.78 is 82.6. The highest BCUT2D eigenvalue weighted by atomic mass is 19.4. The van der Waals surface area contributed by atoms with Gasteiger partial charge in [-0.1, -0.05) is 18.2 Å². The first kappa shape index (κ1) is 22.4.